The molecule has 3 aliphatic rings. The second-order valence-corrected chi connectivity index (χ2v) is 9.19. The molecule has 0 spiro atoms. The van der Waals surface area contributed by atoms with E-state index in [4.69, 9.17) is 0 Å². The summed E-state index contributed by atoms with van der Waals surface area (Å²) < 4.78 is 17.3. The smallest absolute Gasteiger partial charge is 0.282 e. The number of rotatable bonds is 5. The second kappa shape index (κ2) is 9.46. The van der Waals surface area contributed by atoms with Crippen molar-refractivity contribution in [1.82, 2.24) is 24.1 Å². The maximum Gasteiger partial charge on any atom is 0.282 e. The first-order valence-corrected chi connectivity index (χ1v) is 11.9. The molecule has 0 radical (unpaired) electrons. The Hall–Kier alpha value is -3.78. The highest BCUT2D eigenvalue weighted by atomic mass is 19.1. The van der Waals surface area contributed by atoms with E-state index >= 15 is 0 Å². The van der Waals surface area contributed by atoms with E-state index < -0.39 is 0 Å². The predicted molar refractivity (Wildman–Crippen MR) is 132 cm³/mol. The molecule has 1 fully saturated rings. The lowest BCUT2D eigenvalue weighted by Crippen LogP contribution is -2.48. The monoisotopic (exact) mass is 473 g/mol. The highest BCUT2D eigenvalue weighted by molar-refractivity contribution is 6.00. The molecule has 0 unspecified atom stereocenters. The molecule has 1 saturated heterocycles. The van der Waals surface area contributed by atoms with Crippen molar-refractivity contribution in [3.8, 4) is 16.9 Å². The Morgan fingerprint density at radius 2 is 1.66 bits per heavy atom. The minimum absolute atomic E-state index is 0.0723. The molecule has 1 amide bonds. The number of pyridine rings is 1. The first-order chi connectivity index (χ1) is 16.9. The van der Waals surface area contributed by atoms with Gasteiger partial charge in [0.15, 0.2) is 0 Å². The minimum atomic E-state index is -0.245. The number of fused-ring (bicyclic) bond motifs is 1. The number of carbonyl (C=O) groups excluding carboxylic acids is 1. The van der Waals surface area contributed by atoms with Gasteiger partial charge in [-0.15, -0.1) is 0 Å². The summed E-state index contributed by atoms with van der Waals surface area (Å²) in [5.41, 5.74) is 2.33. The molecule has 7 nitrogen and oxygen atoms in total. The van der Waals surface area contributed by atoms with E-state index in [2.05, 4.69) is 10.00 Å². The fourth-order valence-electron chi connectivity index (χ4n) is 4.47. The summed E-state index contributed by atoms with van der Waals surface area (Å²) in [6, 6.07) is 16.1. The third-order valence-electron chi connectivity index (χ3n) is 6.53. The van der Waals surface area contributed by atoms with Crippen LogP contribution in [0.3, 0.4) is 0 Å². The second-order valence-electron chi connectivity index (χ2n) is 9.19. The molecule has 35 heavy (non-hydrogen) atoms. The van der Waals surface area contributed by atoms with Crippen molar-refractivity contribution >= 4 is 5.91 Å². The number of benzene rings is 2. The Labute approximate surface area is 203 Å². The van der Waals surface area contributed by atoms with Crippen molar-refractivity contribution in [3.63, 3.8) is 0 Å². The SMILES string of the molecule is CC(C)n1cc(C(=O)N2CCN(Cc3ccccc3F)CC2)c2nn(-c3ccccc3)c(=O)c-2c1. The molecule has 0 saturated carbocycles. The molecule has 0 N–H and O–H groups in total. The number of para-hydroxylation sites is 1. The van der Waals surface area contributed by atoms with Crippen LogP contribution in [0, 0.1) is 5.82 Å². The quantitative estimate of drug-likeness (QED) is 0.442. The van der Waals surface area contributed by atoms with Crippen LogP contribution in [-0.4, -0.2) is 56.2 Å². The highest BCUT2D eigenvalue weighted by Crippen LogP contribution is 2.26. The molecular weight excluding hydrogens is 445 g/mol. The van der Waals surface area contributed by atoms with E-state index in [1.165, 1.54) is 10.7 Å². The number of amides is 1. The van der Waals surface area contributed by atoms with Crippen molar-refractivity contribution in [2.24, 2.45) is 0 Å². The number of piperazine rings is 1. The van der Waals surface area contributed by atoms with Crippen LogP contribution < -0.4 is 5.56 Å². The zero-order valence-electron chi connectivity index (χ0n) is 19.9. The van der Waals surface area contributed by atoms with Crippen molar-refractivity contribution < 1.29 is 9.18 Å². The molecular formula is C27H28FN5O2. The first kappa shape index (κ1) is 23.0. The van der Waals surface area contributed by atoms with Gasteiger partial charge in [0.05, 0.1) is 16.8 Å². The Bertz CT molecular complexity index is 1370. The van der Waals surface area contributed by atoms with Crippen molar-refractivity contribution in [2.75, 3.05) is 26.2 Å². The van der Waals surface area contributed by atoms with E-state index in [-0.39, 0.29) is 23.3 Å². The largest absolute Gasteiger partial charge is 0.350 e. The van der Waals surface area contributed by atoms with Gasteiger partial charge in [0.2, 0.25) is 0 Å². The highest BCUT2D eigenvalue weighted by Gasteiger charge is 2.29. The average Bonchev–Trinajstić information content (AvgIpc) is 3.22. The lowest BCUT2D eigenvalue weighted by molar-refractivity contribution is 0.0626. The molecule has 180 valence electrons. The van der Waals surface area contributed by atoms with E-state index in [0.29, 0.717) is 60.8 Å². The Morgan fingerprint density at radius 1 is 0.971 bits per heavy atom. The topological polar surface area (TPSA) is 63.4 Å². The first-order valence-electron chi connectivity index (χ1n) is 11.9. The molecule has 2 aromatic carbocycles. The molecule has 0 aromatic heterocycles. The van der Waals surface area contributed by atoms with Gasteiger partial charge in [-0.25, -0.2) is 4.39 Å². The molecule has 5 rings (SSSR count). The summed E-state index contributed by atoms with van der Waals surface area (Å²) in [4.78, 5) is 30.8. The van der Waals surface area contributed by atoms with Gasteiger partial charge in [-0.1, -0.05) is 36.4 Å². The number of aromatic nitrogens is 3. The summed E-state index contributed by atoms with van der Waals surface area (Å²) in [7, 11) is 0. The van der Waals surface area contributed by atoms with Crippen LogP contribution in [0.1, 0.15) is 35.8 Å². The van der Waals surface area contributed by atoms with Crippen LogP contribution in [-0.2, 0) is 6.54 Å². The lowest BCUT2D eigenvalue weighted by Gasteiger charge is -2.35. The van der Waals surface area contributed by atoms with Gasteiger partial charge in [-0.3, -0.25) is 14.5 Å². The number of hydrogen-bond acceptors (Lipinski definition) is 4. The van der Waals surface area contributed by atoms with E-state index in [1.807, 2.05) is 54.8 Å². The maximum absolute atomic E-state index is 14.1. The predicted octanol–water partition coefficient (Wildman–Crippen LogP) is 3.82. The van der Waals surface area contributed by atoms with Gasteiger partial charge in [-0.2, -0.15) is 9.78 Å². The van der Waals surface area contributed by atoms with Crippen molar-refractivity contribution in [2.45, 2.75) is 26.4 Å². The van der Waals surface area contributed by atoms with Crippen LogP contribution in [0.4, 0.5) is 4.39 Å². The number of carbonyl (C=O) groups is 1. The van der Waals surface area contributed by atoms with E-state index in [1.54, 1.807) is 29.4 Å². The normalized spacial score (nSPS) is 14.7. The van der Waals surface area contributed by atoms with Crippen LogP contribution in [0.2, 0.25) is 0 Å². The van der Waals surface area contributed by atoms with Crippen LogP contribution in [0.5, 0.6) is 0 Å². The molecule has 2 aromatic rings. The average molecular weight is 474 g/mol. The summed E-state index contributed by atoms with van der Waals surface area (Å²) in [6.45, 7) is 6.86. The van der Waals surface area contributed by atoms with Gasteiger partial charge >= 0.3 is 0 Å². The molecule has 8 heteroatoms. The summed E-state index contributed by atoms with van der Waals surface area (Å²) in [5.74, 6) is -0.355. The lowest BCUT2D eigenvalue weighted by atomic mass is 10.1. The number of nitrogens with zero attached hydrogens (tertiary/aromatic N) is 5. The molecule has 3 heterocycles. The van der Waals surface area contributed by atoms with Gasteiger partial charge < -0.3 is 9.47 Å². The van der Waals surface area contributed by atoms with Crippen LogP contribution >= 0.6 is 0 Å². The Balaban J connectivity index is 1.42. The van der Waals surface area contributed by atoms with Gasteiger partial charge in [0, 0.05) is 56.7 Å². The fraction of sp³-hybridized carbons (Fsp3) is 0.296. The molecule has 3 aliphatic heterocycles. The molecule has 0 atom stereocenters. The maximum atomic E-state index is 14.1. The third-order valence-corrected chi connectivity index (χ3v) is 6.53. The summed E-state index contributed by atoms with van der Waals surface area (Å²) in [5, 5.41) is 4.57. The van der Waals surface area contributed by atoms with Gasteiger partial charge in [-0.05, 0) is 32.0 Å². The molecule has 0 bridgehead atoms. The van der Waals surface area contributed by atoms with Crippen molar-refractivity contribution in [3.05, 3.63) is 94.3 Å². The molecule has 0 aliphatic carbocycles. The zero-order chi connectivity index (χ0) is 24.5. The van der Waals surface area contributed by atoms with E-state index in [0.717, 1.165) is 0 Å². The summed E-state index contributed by atoms with van der Waals surface area (Å²) >= 11 is 0. The van der Waals surface area contributed by atoms with Crippen LogP contribution in [0.15, 0.2) is 71.8 Å². The number of hydrogen-bond donors (Lipinski definition) is 0. The van der Waals surface area contributed by atoms with Crippen LogP contribution in [0.25, 0.3) is 16.9 Å². The standard InChI is InChI=1S/C27H28FN5O2/c1-19(2)32-17-22(25-23(18-32)27(35)33(29-25)21-9-4-3-5-10-21)26(34)31-14-12-30(13-15-31)16-20-8-6-7-11-24(20)28/h3-11,17-19H,12-16H2,1-2H3. The number of halogens is 1. The van der Waals surface area contributed by atoms with Crippen molar-refractivity contribution in [1.29, 1.82) is 0 Å². The zero-order valence-corrected chi connectivity index (χ0v) is 19.9. The Kier molecular flexibility index (Phi) is 6.21. The minimum Gasteiger partial charge on any atom is -0.350 e. The van der Waals surface area contributed by atoms with Gasteiger partial charge in [0.25, 0.3) is 11.5 Å². The van der Waals surface area contributed by atoms with E-state index in [9.17, 15) is 14.0 Å². The van der Waals surface area contributed by atoms with Gasteiger partial charge in [0.1, 0.15) is 11.5 Å². The summed E-state index contributed by atoms with van der Waals surface area (Å²) in [6.07, 6.45) is 3.57. The Morgan fingerprint density at radius 3 is 2.34 bits per heavy atom. The fourth-order valence-corrected chi connectivity index (χ4v) is 4.47. The third kappa shape index (κ3) is 4.49.